The van der Waals surface area contributed by atoms with Crippen LogP contribution in [0.1, 0.15) is 51.0 Å². The summed E-state index contributed by atoms with van der Waals surface area (Å²) >= 11 is 0. The summed E-state index contributed by atoms with van der Waals surface area (Å²) in [5.74, 6) is 0.823. The molecule has 2 rings (SSSR count). The van der Waals surface area contributed by atoms with Crippen LogP contribution in [0.25, 0.3) is 0 Å². The molecule has 1 aromatic rings. The number of oxime groups is 1. The van der Waals surface area contributed by atoms with Crippen LogP contribution in [0.4, 0.5) is 5.69 Å². The third kappa shape index (κ3) is 4.08. The van der Waals surface area contributed by atoms with Gasteiger partial charge >= 0.3 is 0 Å². The number of carbonyl (C=O) groups is 1. The molecule has 0 spiro atoms. The first kappa shape index (κ1) is 14.6. The standard InChI is InChI=1S/C16H22N2O2/c1-12(18-20)14-7-9-15(10-8-14)17-16(19)11-6-13-4-2-3-5-13/h7-10,13,20H,2-6,11H2,1H3,(H,17,19)/b18-12+. The van der Waals surface area contributed by atoms with E-state index in [1.165, 1.54) is 25.7 Å². The van der Waals surface area contributed by atoms with Crippen molar-refractivity contribution >= 4 is 17.3 Å². The van der Waals surface area contributed by atoms with Crippen molar-refractivity contribution in [3.05, 3.63) is 29.8 Å². The summed E-state index contributed by atoms with van der Waals surface area (Å²) in [5.41, 5.74) is 2.19. The van der Waals surface area contributed by atoms with Crippen molar-refractivity contribution < 1.29 is 10.0 Å². The van der Waals surface area contributed by atoms with Gasteiger partial charge in [-0.15, -0.1) is 0 Å². The first-order chi connectivity index (χ1) is 9.69. The molecule has 0 atom stereocenters. The summed E-state index contributed by atoms with van der Waals surface area (Å²) in [5, 5.41) is 14.8. The zero-order valence-corrected chi connectivity index (χ0v) is 11.9. The summed E-state index contributed by atoms with van der Waals surface area (Å²) in [6.07, 6.45) is 6.80. The van der Waals surface area contributed by atoms with E-state index in [1.54, 1.807) is 6.92 Å². The SMILES string of the molecule is C/C(=N\O)c1ccc(NC(=O)CCC2CCCC2)cc1. The molecule has 1 fully saturated rings. The van der Waals surface area contributed by atoms with Gasteiger partial charge in [0, 0.05) is 12.1 Å². The second-order valence-corrected chi connectivity index (χ2v) is 5.50. The highest BCUT2D eigenvalue weighted by molar-refractivity contribution is 5.99. The lowest BCUT2D eigenvalue weighted by Crippen LogP contribution is -2.12. The molecule has 0 radical (unpaired) electrons. The largest absolute Gasteiger partial charge is 0.411 e. The van der Waals surface area contributed by atoms with E-state index in [1.807, 2.05) is 24.3 Å². The Labute approximate surface area is 119 Å². The van der Waals surface area contributed by atoms with Crippen molar-refractivity contribution in [2.75, 3.05) is 5.32 Å². The summed E-state index contributed by atoms with van der Waals surface area (Å²) < 4.78 is 0. The number of nitrogens with zero attached hydrogens (tertiary/aromatic N) is 1. The number of anilines is 1. The van der Waals surface area contributed by atoms with Gasteiger partial charge in [-0.05, 0) is 37.0 Å². The van der Waals surface area contributed by atoms with Crippen LogP contribution in [0, 0.1) is 5.92 Å². The lowest BCUT2D eigenvalue weighted by Gasteiger charge is -2.09. The van der Waals surface area contributed by atoms with Crippen molar-refractivity contribution in [3.8, 4) is 0 Å². The van der Waals surface area contributed by atoms with E-state index >= 15 is 0 Å². The van der Waals surface area contributed by atoms with Crippen LogP contribution < -0.4 is 5.32 Å². The Bertz CT molecular complexity index is 474. The minimum absolute atomic E-state index is 0.0807. The van der Waals surface area contributed by atoms with Gasteiger partial charge in [0.05, 0.1) is 5.71 Å². The van der Waals surface area contributed by atoms with E-state index in [4.69, 9.17) is 5.21 Å². The number of hydrogen-bond donors (Lipinski definition) is 2. The molecule has 0 bridgehead atoms. The molecule has 0 aliphatic heterocycles. The van der Waals surface area contributed by atoms with Gasteiger partial charge in [-0.2, -0.15) is 0 Å². The van der Waals surface area contributed by atoms with Crippen LogP contribution >= 0.6 is 0 Å². The minimum atomic E-state index is 0.0807. The van der Waals surface area contributed by atoms with Crippen LogP contribution in [0.3, 0.4) is 0 Å². The summed E-state index contributed by atoms with van der Waals surface area (Å²) in [7, 11) is 0. The quantitative estimate of drug-likeness (QED) is 0.487. The summed E-state index contributed by atoms with van der Waals surface area (Å²) in [4.78, 5) is 11.9. The lowest BCUT2D eigenvalue weighted by atomic mass is 10.0. The maximum Gasteiger partial charge on any atom is 0.224 e. The van der Waals surface area contributed by atoms with Crippen LogP contribution in [-0.2, 0) is 4.79 Å². The van der Waals surface area contributed by atoms with E-state index in [0.717, 1.165) is 23.6 Å². The number of rotatable bonds is 5. The number of carbonyl (C=O) groups excluding carboxylic acids is 1. The van der Waals surface area contributed by atoms with E-state index in [-0.39, 0.29) is 5.91 Å². The molecule has 0 saturated heterocycles. The normalized spacial score (nSPS) is 16.4. The van der Waals surface area contributed by atoms with Gasteiger partial charge in [0.1, 0.15) is 0 Å². The first-order valence-electron chi connectivity index (χ1n) is 7.28. The highest BCUT2D eigenvalue weighted by Gasteiger charge is 2.16. The highest BCUT2D eigenvalue weighted by Crippen LogP contribution is 2.28. The smallest absolute Gasteiger partial charge is 0.224 e. The van der Waals surface area contributed by atoms with E-state index < -0.39 is 0 Å². The summed E-state index contributed by atoms with van der Waals surface area (Å²) in [6.45, 7) is 1.73. The fourth-order valence-corrected chi connectivity index (χ4v) is 2.71. The summed E-state index contributed by atoms with van der Waals surface area (Å²) in [6, 6.07) is 7.33. The fourth-order valence-electron chi connectivity index (χ4n) is 2.71. The molecule has 0 heterocycles. The zero-order chi connectivity index (χ0) is 14.4. The van der Waals surface area contributed by atoms with Gasteiger partial charge in [-0.25, -0.2) is 0 Å². The minimum Gasteiger partial charge on any atom is -0.411 e. The van der Waals surface area contributed by atoms with Crippen LogP contribution in [0.2, 0.25) is 0 Å². The lowest BCUT2D eigenvalue weighted by molar-refractivity contribution is -0.116. The molecular weight excluding hydrogens is 252 g/mol. The second kappa shape index (κ2) is 7.08. The molecule has 108 valence electrons. The average Bonchev–Trinajstić information content (AvgIpc) is 2.98. The molecule has 20 heavy (non-hydrogen) atoms. The van der Waals surface area contributed by atoms with Crippen molar-refractivity contribution in [2.45, 2.75) is 45.4 Å². The van der Waals surface area contributed by atoms with Gasteiger partial charge in [0.25, 0.3) is 0 Å². The topological polar surface area (TPSA) is 61.7 Å². The predicted octanol–water partition coefficient (Wildman–Crippen LogP) is 3.79. The van der Waals surface area contributed by atoms with Crippen molar-refractivity contribution in [2.24, 2.45) is 11.1 Å². The van der Waals surface area contributed by atoms with Crippen molar-refractivity contribution in [1.82, 2.24) is 0 Å². The Hall–Kier alpha value is -1.84. The number of hydrogen-bond acceptors (Lipinski definition) is 3. The Balaban J connectivity index is 1.81. The molecule has 1 amide bonds. The Morgan fingerprint density at radius 1 is 1.30 bits per heavy atom. The molecule has 2 N–H and O–H groups in total. The number of amides is 1. The Morgan fingerprint density at radius 3 is 2.55 bits per heavy atom. The van der Waals surface area contributed by atoms with Crippen LogP contribution in [-0.4, -0.2) is 16.8 Å². The zero-order valence-electron chi connectivity index (χ0n) is 11.9. The van der Waals surface area contributed by atoms with Crippen molar-refractivity contribution in [3.63, 3.8) is 0 Å². The van der Waals surface area contributed by atoms with Crippen LogP contribution in [0.15, 0.2) is 29.4 Å². The molecule has 4 heteroatoms. The molecule has 1 aliphatic rings. The van der Waals surface area contributed by atoms with Gasteiger partial charge in [-0.1, -0.05) is 43.0 Å². The van der Waals surface area contributed by atoms with E-state index in [2.05, 4.69) is 10.5 Å². The van der Waals surface area contributed by atoms with Crippen LogP contribution in [0.5, 0.6) is 0 Å². The molecule has 0 aromatic heterocycles. The molecule has 1 saturated carbocycles. The number of nitrogens with one attached hydrogen (secondary N) is 1. The molecule has 1 aromatic carbocycles. The monoisotopic (exact) mass is 274 g/mol. The predicted molar refractivity (Wildman–Crippen MR) is 80.3 cm³/mol. The van der Waals surface area contributed by atoms with Crippen molar-refractivity contribution in [1.29, 1.82) is 0 Å². The Kier molecular flexibility index (Phi) is 5.16. The maximum absolute atomic E-state index is 11.9. The molecular formula is C16H22N2O2. The van der Waals surface area contributed by atoms with Gasteiger partial charge < -0.3 is 10.5 Å². The Morgan fingerprint density at radius 2 is 1.95 bits per heavy atom. The number of benzene rings is 1. The molecule has 0 unspecified atom stereocenters. The highest BCUT2D eigenvalue weighted by atomic mass is 16.4. The van der Waals surface area contributed by atoms with Gasteiger partial charge in [0.2, 0.25) is 5.91 Å². The van der Waals surface area contributed by atoms with E-state index in [9.17, 15) is 4.79 Å². The third-order valence-corrected chi connectivity index (χ3v) is 3.99. The van der Waals surface area contributed by atoms with E-state index in [0.29, 0.717) is 12.1 Å². The second-order valence-electron chi connectivity index (χ2n) is 5.50. The molecule has 1 aliphatic carbocycles. The molecule has 4 nitrogen and oxygen atoms in total. The first-order valence-corrected chi connectivity index (χ1v) is 7.28. The third-order valence-electron chi connectivity index (χ3n) is 3.99. The van der Waals surface area contributed by atoms with Gasteiger partial charge in [0.15, 0.2) is 0 Å². The van der Waals surface area contributed by atoms with Gasteiger partial charge in [-0.3, -0.25) is 4.79 Å². The average molecular weight is 274 g/mol. The maximum atomic E-state index is 11.9. The fraction of sp³-hybridized carbons (Fsp3) is 0.500.